The van der Waals surface area contributed by atoms with E-state index in [4.69, 9.17) is 9.84 Å². The summed E-state index contributed by atoms with van der Waals surface area (Å²) in [6.45, 7) is 3.31. The van der Waals surface area contributed by atoms with Crippen molar-refractivity contribution in [2.75, 3.05) is 38.3 Å². The van der Waals surface area contributed by atoms with Crippen LogP contribution in [0.15, 0.2) is 18.2 Å². The summed E-state index contributed by atoms with van der Waals surface area (Å²) in [7, 11) is 1.72. The van der Waals surface area contributed by atoms with Crippen molar-refractivity contribution in [3.8, 4) is 17.6 Å². The van der Waals surface area contributed by atoms with Crippen molar-refractivity contribution in [2.24, 2.45) is 0 Å². The maximum atomic E-state index is 8.79. The van der Waals surface area contributed by atoms with E-state index in [1.165, 1.54) is 23.5 Å². The van der Waals surface area contributed by atoms with E-state index in [1.54, 1.807) is 7.11 Å². The molecule has 0 aliphatic carbocycles. The van der Waals surface area contributed by atoms with Gasteiger partial charge in [-0.25, -0.2) is 0 Å². The molecule has 21 heavy (non-hydrogen) atoms. The van der Waals surface area contributed by atoms with Crippen LogP contribution in [0, 0.1) is 11.8 Å². The Kier molecular flexibility index (Phi) is 6.94. The Hall–Kier alpha value is -1.15. The Morgan fingerprint density at radius 3 is 3.05 bits per heavy atom. The lowest BCUT2D eigenvalue weighted by molar-refractivity contribution is 0.281. The molecule has 1 fully saturated rings. The number of nitrogens with zero attached hydrogens (tertiary/aromatic N) is 1. The zero-order valence-corrected chi connectivity index (χ0v) is 13.4. The van der Waals surface area contributed by atoms with Gasteiger partial charge in [-0.3, -0.25) is 4.90 Å². The average Bonchev–Trinajstić information content (AvgIpc) is 2.77. The van der Waals surface area contributed by atoms with Gasteiger partial charge in [0.2, 0.25) is 0 Å². The molecule has 114 valence electrons. The SMILES string of the molecule is COc1ccc(C#CCCO)cc1CN1CCCSCC1. The maximum absolute atomic E-state index is 8.79. The number of methoxy groups -OCH3 is 1. The van der Waals surface area contributed by atoms with Gasteiger partial charge in [-0.2, -0.15) is 11.8 Å². The quantitative estimate of drug-likeness (QED) is 0.866. The second-order valence-corrected chi connectivity index (χ2v) is 6.27. The molecule has 0 spiro atoms. The van der Waals surface area contributed by atoms with Gasteiger partial charge in [-0.15, -0.1) is 0 Å². The molecule has 0 bridgehead atoms. The molecule has 4 heteroatoms. The van der Waals surface area contributed by atoms with Gasteiger partial charge in [0, 0.05) is 36.4 Å². The minimum absolute atomic E-state index is 0.113. The van der Waals surface area contributed by atoms with Gasteiger partial charge in [-0.05, 0) is 36.9 Å². The van der Waals surface area contributed by atoms with Crippen LogP contribution in [0.4, 0.5) is 0 Å². The number of benzene rings is 1. The van der Waals surface area contributed by atoms with Crippen molar-refractivity contribution < 1.29 is 9.84 Å². The number of rotatable bonds is 4. The van der Waals surface area contributed by atoms with E-state index in [1.807, 2.05) is 23.9 Å². The minimum Gasteiger partial charge on any atom is -0.496 e. The first-order valence-corrected chi connectivity index (χ1v) is 8.55. The largest absolute Gasteiger partial charge is 0.496 e. The smallest absolute Gasteiger partial charge is 0.123 e. The zero-order valence-electron chi connectivity index (χ0n) is 12.6. The highest BCUT2D eigenvalue weighted by atomic mass is 32.2. The van der Waals surface area contributed by atoms with E-state index in [0.29, 0.717) is 6.42 Å². The third-order valence-corrected chi connectivity index (χ3v) is 4.51. The second kappa shape index (κ2) is 8.99. The van der Waals surface area contributed by atoms with Gasteiger partial charge in [0.15, 0.2) is 0 Å². The summed E-state index contributed by atoms with van der Waals surface area (Å²) in [4.78, 5) is 2.49. The van der Waals surface area contributed by atoms with E-state index in [9.17, 15) is 0 Å². The molecular weight excluding hydrogens is 282 g/mol. The monoisotopic (exact) mass is 305 g/mol. The molecular formula is C17H23NO2S. The predicted molar refractivity (Wildman–Crippen MR) is 88.8 cm³/mol. The van der Waals surface area contributed by atoms with Crippen LogP contribution in [-0.2, 0) is 6.54 Å². The topological polar surface area (TPSA) is 32.7 Å². The van der Waals surface area contributed by atoms with Crippen LogP contribution in [-0.4, -0.2) is 48.3 Å². The Morgan fingerprint density at radius 1 is 1.33 bits per heavy atom. The Morgan fingerprint density at radius 2 is 2.24 bits per heavy atom. The van der Waals surface area contributed by atoms with E-state index < -0.39 is 0 Å². The third-order valence-electron chi connectivity index (χ3n) is 3.46. The molecule has 1 aliphatic heterocycles. The van der Waals surface area contributed by atoms with Gasteiger partial charge >= 0.3 is 0 Å². The third kappa shape index (κ3) is 5.28. The van der Waals surface area contributed by atoms with Crippen LogP contribution in [0.3, 0.4) is 0 Å². The van der Waals surface area contributed by atoms with Gasteiger partial charge in [0.25, 0.3) is 0 Å². The summed E-state index contributed by atoms with van der Waals surface area (Å²) < 4.78 is 5.48. The molecule has 1 aromatic carbocycles. The number of aliphatic hydroxyl groups is 1. The average molecular weight is 305 g/mol. The van der Waals surface area contributed by atoms with Crippen molar-refractivity contribution in [1.82, 2.24) is 4.90 Å². The first kappa shape index (κ1) is 16.2. The molecule has 1 aliphatic rings. The van der Waals surface area contributed by atoms with Crippen LogP contribution >= 0.6 is 11.8 Å². The molecule has 0 saturated carbocycles. The minimum atomic E-state index is 0.113. The fraction of sp³-hybridized carbons (Fsp3) is 0.529. The summed E-state index contributed by atoms with van der Waals surface area (Å²) in [5.41, 5.74) is 2.18. The standard InChI is InChI=1S/C17H23NO2S/c1-20-17-7-6-15(5-2-3-10-19)13-16(17)14-18-8-4-11-21-12-9-18/h6-7,13,19H,3-4,8-12,14H2,1H3. The van der Waals surface area contributed by atoms with Crippen molar-refractivity contribution in [2.45, 2.75) is 19.4 Å². The molecule has 1 saturated heterocycles. The molecule has 0 atom stereocenters. The van der Waals surface area contributed by atoms with Gasteiger partial charge < -0.3 is 9.84 Å². The van der Waals surface area contributed by atoms with E-state index in [-0.39, 0.29) is 6.61 Å². The highest BCUT2D eigenvalue weighted by Crippen LogP contribution is 2.22. The summed E-state index contributed by atoms with van der Waals surface area (Å²) in [6.07, 6.45) is 1.77. The predicted octanol–water partition coefficient (Wildman–Crippen LogP) is 2.37. The summed E-state index contributed by atoms with van der Waals surface area (Å²) >= 11 is 2.04. The van der Waals surface area contributed by atoms with Crippen LogP contribution in [0.25, 0.3) is 0 Å². The first-order chi connectivity index (χ1) is 10.3. The highest BCUT2D eigenvalue weighted by Gasteiger charge is 2.12. The van der Waals surface area contributed by atoms with Crippen molar-refractivity contribution in [3.63, 3.8) is 0 Å². The lowest BCUT2D eigenvalue weighted by Crippen LogP contribution is -2.25. The summed E-state index contributed by atoms with van der Waals surface area (Å²) in [5, 5.41) is 8.79. The number of hydrogen-bond donors (Lipinski definition) is 1. The van der Waals surface area contributed by atoms with Gasteiger partial charge in [0.05, 0.1) is 13.7 Å². The van der Waals surface area contributed by atoms with E-state index >= 15 is 0 Å². The number of ether oxygens (including phenoxy) is 1. The fourth-order valence-corrected chi connectivity index (χ4v) is 3.32. The number of thioether (sulfide) groups is 1. The normalized spacial score (nSPS) is 15.9. The molecule has 1 aromatic rings. The van der Waals surface area contributed by atoms with E-state index in [2.05, 4.69) is 22.8 Å². The van der Waals surface area contributed by atoms with Crippen LogP contribution < -0.4 is 4.74 Å². The molecule has 0 unspecified atom stereocenters. The Balaban J connectivity index is 2.11. The first-order valence-electron chi connectivity index (χ1n) is 7.40. The Labute approximate surface area is 131 Å². The lowest BCUT2D eigenvalue weighted by atomic mass is 10.1. The molecule has 1 heterocycles. The molecule has 3 nitrogen and oxygen atoms in total. The van der Waals surface area contributed by atoms with Crippen molar-refractivity contribution in [1.29, 1.82) is 0 Å². The Bertz CT molecular complexity index is 499. The molecule has 0 amide bonds. The van der Waals surface area contributed by atoms with Crippen LogP contribution in [0.5, 0.6) is 5.75 Å². The molecule has 0 radical (unpaired) electrons. The lowest BCUT2D eigenvalue weighted by Gasteiger charge is -2.21. The van der Waals surface area contributed by atoms with Crippen LogP contribution in [0.1, 0.15) is 24.0 Å². The molecule has 1 N–H and O–H groups in total. The number of aliphatic hydroxyl groups excluding tert-OH is 1. The van der Waals surface area contributed by atoms with Crippen molar-refractivity contribution in [3.05, 3.63) is 29.3 Å². The maximum Gasteiger partial charge on any atom is 0.123 e. The highest BCUT2D eigenvalue weighted by molar-refractivity contribution is 7.99. The summed E-state index contributed by atoms with van der Waals surface area (Å²) in [5.74, 6) is 9.47. The van der Waals surface area contributed by atoms with Crippen molar-refractivity contribution >= 4 is 11.8 Å². The zero-order chi connectivity index (χ0) is 14.9. The molecule has 0 aromatic heterocycles. The van der Waals surface area contributed by atoms with Gasteiger partial charge in [-0.1, -0.05) is 11.8 Å². The second-order valence-electron chi connectivity index (χ2n) is 5.04. The fourth-order valence-electron chi connectivity index (χ4n) is 2.40. The number of hydrogen-bond acceptors (Lipinski definition) is 4. The van der Waals surface area contributed by atoms with Crippen LogP contribution in [0.2, 0.25) is 0 Å². The van der Waals surface area contributed by atoms with Gasteiger partial charge in [0.1, 0.15) is 5.75 Å². The summed E-state index contributed by atoms with van der Waals surface area (Å²) in [6, 6.07) is 6.08. The van der Waals surface area contributed by atoms with E-state index in [0.717, 1.165) is 30.9 Å². The molecule has 2 rings (SSSR count).